The second kappa shape index (κ2) is 4.09. The number of rotatable bonds is 2. The second-order valence-electron chi connectivity index (χ2n) is 3.35. The molecule has 0 N–H and O–H groups in total. The SMILES string of the molecule is O=Cc1nc(Br)ccc1N1CCCC1. The lowest BCUT2D eigenvalue weighted by Gasteiger charge is -2.18. The van der Waals surface area contributed by atoms with Crippen LogP contribution in [0, 0.1) is 0 Å². The van der Waals surface area contributed by atoms with Crippen LogP contribution in [0.15, 0.2) is 16.7 Å². The Balaban J connectivity index is 2.35. The smallest absolute Gasteiger partial charge is 0.170 e. The summed E-state index contributed by atoms with van der Waals surface area (Å²) >= 11 is 3.26. The van der Waals surface area contributed by atoms with Gasteiger partial charge in [0, 0.05) is 13.1 Å². The summed E-state index contributed by atoms with van der Waals surface area (Å²) < 4.78 is 0.711. The fourth-order valence-corrected chi connectivity index (χ4v) is 2.08. The molecule has 1 aromatic heterocycles. The van der Waals surface area contributed by atoms with Crippen LogP contribution in [0.5, 0.6) is 0 Å². The molecule has 1 saturated heterocycles. The summed E-state index contributed by atoms with van der Waals surface area (Å²) in [5.74, 6) is 0. The molecule has 74 valence electrons. The lowest BCUT2D eigenvalue weighted by molar-refractivity contribution is 0.111. The second-order valence-corrected chi connectivity index (χ2v) is 4.16. The van der Waals surface area contributed by atoms with Crippen LogP contribution in [0.2, 0.25) is 0 Å². The molecule has 0 amide bonds. The molecule has 14 heavy (non-hydrogen) atoms. The van der Waals surface area contributed by atoms with E-state index >= 15 is 0 Å². The first-order valence-corrected chi connectivity index (χ1v) is 5.47. The van der Waals surface area contributed by atoms with E-state index < -0.39 is 0 Å². The van der Waals surface area contributed by atoms with Crippen LogP contribution in [0.3, 0.4) is 0 Å². The van der Waals surface area contributed by atoms with E-state index in [0.29, 0.717) is 10.3 Å². The molecule has 0 unspecified atom stereocenters. The van der Waals surface area contributed by atoms with Gasteiger partial charge in [-0.3, -0.25) is 4.79 Å². The summed E-state index contributed by atoms with van der Waals surface area (Å²) in [4.78, 5) is 17.2. The molecule has 0 atom stereocenters. The van der Waals surface area contributed by atoms with Gasteiger partial charge in [-0.1, -0.05) is 0 Å². The molecule has 1 aliphatic rings. The molecule has 0 aromatic carbocycles. The van der Waals surface area contributed by atoms with Crippen molar-refractivity contribution in [1.82, 2.24) is 4.98 Å². The maximum absolute atomic E-state index is 10.8. The van der Waals surface area contributed by atoms with Crippen LogP contribution in [0.1, 0.15) is 23.3 Å². The van der Waals surface area contributed by atoms with Gasteiger partial charge in [0.05, 0.1) is 5.69 Å². The van der Waals surface area contributed by atoms with Crippen LogP contribution in [-0.4, -0.2) is 24.4 Å². The zero-order valence-electron chi connectivity index (χ0n) is 7.74. The first kappa shape index (κ1) is 9.65. The van der Waals surface area contributed by atoms with Gasteiger partial charge < -0.3 is 4.90 Å². The lowest BCUT2D eigenvalue weighted by Crippen LogP contribution is -2.19. The van der Waals surface area contributed by atoms with Crippen molar-refractivity contribution in [3.8, 4) is 0 Å². The Kier molecular flexibility index (Phi) is 2.82. The minimum Gasteiger partial charge on any atom is -0.370 e. The van der Waals surface area contributed by atoms with Crippen molar-refractivity contribution in [3.05, 3.63) is 22.4 Å². The molecule has 0 spiro atoms. The minimum absolute atomic E-state index is 0.529. The fourth-order valence-electron chi connectivity index (χ4n) is 1.75. The lowest BCUT2D eigenvalue weighted by atomic mass is 10.3. The number of aromatic nitrogens is 1. The highest BCUT2D eigenvalue weighted by Gasteiger charge is 2.16. The summed E-state index contributed by atoms with van der Waals surface area (Å²) in [5.41, 5.74) is 1.49. The predicted octanol–water partition coefficient (Wildman–Crippen LogP) is 2.26. The van der Waals surface area contributed by atoms with E-state index in [9.17, 15) is 4.79 Å². The van der Waals surface area contributed by atoms with Crippen LogP contribution in [0.4, 0.5) is 5.69 Å². The van der Waals surface area contributed by atoms with Gasteiger partial charge in [0.2, 0.25) is 0 Å². The molecule has 0 bridgehead atoms. The predicted molar refractivity (Wildman–Crippen MR) is 58.8 cm³/mol. The van der Waals surface area contributed by atoms with Crippen LogP contribution in [-0.2, 0) is 0 Å². The van der Waals surface area contributed by atoms with Gasteiger partial charge in [-0.15, -0.1) is 0 Å². The highest BCUT2D eigenvalue weighted by atomic mass is 79.9. The number of hydrogen-bond donors (Lipinski definition) is 0. The number of nitrogens with zero attached hydrogens (tertiary/aromatic N) is 2. The van der Waals surface area contributed by atoms with E-state index in [-0.39, 0.29) is 0 Å². The van der Waals surface area contributed by atoms with Gasteiger partial charge in [0.15, 0.2) is 6.29 Å². The third-order valence-electron chi connectivity index (χ3n) is 2.43. The molecule has 1 aromatic rings. The topological polar surface area (TPSA) is 33.2 Å². The summed E-state index contributed by atoms with van der Waals surface area (Å²) in [6.45, 7) is 2.06. The average molecular weight is 255 g/mol. The zero-order chi connectivity index (χ0) is 9.97. The summed E-state index contributed by atoms with van der Waals surface area (Å²) in [5, 5.41) is 0. The van der Waals surface area contributed by atoms with Crippen molar-refractivity contribution < 1.29 is 4.79 Å². The Hall–Kier alpha value is -0.900. The Morgan fingerprint density at radius 2 is 2.07 bits per heavy atom. The van der Waals surface area contributed by atoms with Crippen molar-refractivity contribution in [2.24, 2.45) is 0 Å². The molecule has 2 rings (SSSR count). The summed E-state index contributed by atoms with van der Waals surface area (Å²) in [7, 11) is 0. The standard InChI is InChI=1S/C10H11BrN2O/c11-10-4-3-9(8(7-14)12-10)13-5-1-2-6-13/h3-4,7H,1-2,5-6H2. The third-order valence-corrected chi connectivity index (χ3v) is 2.87. The number of hydrogen-bond acceptors (Lipinski definition) is 3. The number of aldehydes is 1. The molecule has 3 nitrogen and oxygen atoms in total. The minimum atomic E-state index is 0.529. The van der Waals surface area contributed by atoms with Gasteiger partial charge in [-0.05, 0) is 40.9 Å². The Bertz CT molecular complexity index is 348. The van der Waals surface area contributed by atoms with Crippen molar-refractivity contribution >= 4 is 27.9 Å². The normalized spacial score (nSPS) is 15.9. The molecule has 4 heteroatoms. The molecule has 0 saturated carbocycles. The van der Waals surface area contributed by atoms with Crippen molar-refractivity contribution in [1.29, 1.82) is 0 Å². The van der Waals surface area contributed by atoms with E-state index in [0.717, 1.165) is 25.1 Å². The van der Waals surface area contributed by atoms with E-state index in [1.165, 1.54) is 12.8 Å². The Labute approximate surface area is 91.3 Å². The molecule has 0 radical (unpaired) electrons. The molecule has 2 heterocycles. The third kappa shape index (κ3) is 1.80. The zero-order valence-corrected chi connectivity index (χ0v) is 9.33. The number of pyridine rings is 1. The first-order valence-electron chi connectivity index (χ1n) is 4.68. The van der Waals surface area contributed by atoms with E-state index in [1.807, 2.05) is 12.1 Å². The van der Waals surface area contributed by atoms with Crippen LogP contribution < -0.4 is 4.90 Å². The van der Waals surface area contributed by atoms with Crippen molar-refractivity contribution in [2.75, 3.05) is 18.0 Å². The highest BCUT2D eigenvalue weighted by Crippen LogP contribution is 2.23. The molecular formula is C10H11BrN2O. The molecule has 1 fully saturated rings. The van der Waals surface area contributed by atoms with Crippen LogP contribution >= 0.6 is 15.9 Å². The van der Waals surface area contributed by atoms with Gasteiger partial charge in [-0.2, -0.15) is 0 Å². The Morgan fingerprint density at radius 1 is 1.36 bits per heavy atom. The van der Waals surface area contributed by atoms with Gasteiger partial charge in [-0.25, -0.2) is 4.98 Å². The molecule has 1 aliphatic heterocycles. The van der Waals surface area contributed by atoms with Crippen molar-refractivity contribution in [3.63, 3.8) is 0 Å². The van der Waals surface area contributed by atoms with E-state index in [2.05, 4.69) is 25.8 Å². The number of carbonyl (C=O) groups excluding carboxylic acids is 1. The maximum Gasteiger partial charge on any atom is 0.170 e. The van der Waals surface area contributed by atoms with E-state index in [1.54, 1.807) is 0 Å². The Morgan fingerprint density at radius 3 is 2.71 bits per heavy atom. The largest absolute Gasteiger partial charge is 0.370 e. The van der Waals surface area contributed by atoms with Gasteiger partial charge in [0.1, 0.15) is 10.3 Å². The first-order chi connectivity index (χ1) is 6.81. The fraction of sp³-hybridized carbons (Fsp3) is 0.400. The molecular weight excluding hydrogens is 244 g/mol. The number of halogens is 1. The van der Waals surface area contributed by atoms with Gasteiger partial charge >= 0.3 is 0 Å². The quantitative estimate of drug-likeness (QED) is 0.600. The van der Waals surface area contributed by atoms with Gasteiger partial charge in [0.25, 0.3) is 0 Å². The summed E-state index contributed by atoms with van der Waals surface area (Å²) in [6, 6.07) is 3.83. The molecule has 0 aliphatic carbocycles. The van der Waals surface area contributed by atoms with Crippen molar-refractivity contribution in [2.45, 2.75) is 12.8 Å². The average Bonchev–Trinajstić information content (AvgIpc) is 2.70. The van der Waals surface area contributed by atoms with Crippen LogP contribution in [0.25, 0.3) is 0 Å². The summed E-state index contributed by atoms with van der Waals surface area (Å²) in [6.07, 6.45) is 3.22. The number of anilines is 1. The number of carbonyl (C=O) groups is 1. The highest BCUT2D eigenvalue weighted by molar-refractivity contribution is 9.10. The monoisotopic (exact) mass is 254 g/mol. The van der Waals surface area contributed by atoms with E-state index in [4.69, 9.17) is 0 Å². The maximum atomic E-state index is 10.8.